The highest BCUT2D eigenvalue weighted by molar-refractivity contribution is 5.23. The lowest BCUT2D eigenvalue weighted by Crippen LogP contribution is -2.07. The minimum absolute atomic E-state index is 0.0871. The fourth-order valence-corrected chi connectivity index (χ4v) is 3.30. The van der Waals surface area contributed by atoms with E-state index in [1.165, 1.54) is 24.8 Å². The highest BCUT2D eigenvalue weighted by Crippen LogP contribution is 2.44. The Labute approximate surface area is 110 Å². The molecule has 0 radical (unpaired) electrons. The predicted molar refractivity (Wildman–Crippen MR) is 74.2 cm³/mol. The van der Waals surface area contributed by atoms with Crippen molar-refractivity contribution < 1.29 is 10.2 Å². The van der Waals surface area contributed by atoms with Gasteiger partial charge in [0.25, 0.3) is 0 Å². The molecule has 2 aliphatic rings. The molecule has 0 aromatic heterocycles. The monoisotopic (exact) mass is 250 g/mol. The van der Waals surface area contributed by atoms with Crippen molar-refractivity contribution in [3.63, 3.8) is 0 Å². The molecular formula is C16H26O2. The van der Waals surface area contributed by atoms with E-state index >= 15 is 0 Å². The lowest BCUT2D eigenvalue weighted by molar-refractivity contribution is 0.173. The van der Waals surface area contributed by atoms with E-state index in [1.54, 1.807) is 0 Å². The summed E-state index contributed by atoms with van der Waals surface area (Å²) < 4.78 is 0. The molecule has 0 aromatic carbocycles. The third kappa shape index (κ3) is 3.69. The van der Waals surface area contributed by atoms with E-state index in [0.717, 1.165) is 32.1 Å². The molecule has 0 aromatic rings. The molecule has 0 heterocycles. The van der Waals surface area contributed by atoms with Gasteiger partial charge in [-0.25, -0.2) is 0 Å². The quantitative estimate of drug-likeness (QED) is 0.538. The van der Waals surface area contributed by atoms with Crippen molar-refractivity contribution in [2.75, 3.05) is 6.61 Å². The van der Waals surface area contributed by atoms with Crippen LogP contribution in [0.15, 0.2) is 23.8 Å². The highest BCUT2D eigenvalue weighted by atomic mass is 16.3. The average molecular weight is 250 g/mol. The minimum atomic E-state index is -0.0871. The van der Waals surface area contributed by atoms with E-state index in [0.29, 0.717) is 18.4 Å². The van der Waals surface area contributed by atoms with Gasteiger partial charge in [0, 0.05) is 6.61 Å². The van der Waals surface area contributed by atoms with Gasteiger partial charge in [0.1, 0.15) is 0 Å². The maximum Gasteiger partial charge on any atom is 0.0583 e. The van der Waals surface area contributed by atoms with Crippen LogP contribution < -0.4 is 0 Å². The third-order valence-electron chi connectivity index (χ3n) is 4.30. The molecule has 2 aliphatic carbocycles. The van der Waals surface area contributed by atoms with Crippen molar-refractivity contribution in [1.82, 2.24) is 0 Å². The topological polar surface area (TPSA) is 40.5 Å². The Morgan fingerprint density at radius 3 is 2.89 bits per heavy atom. The summed E-state index contributed by atoms with van der Waals surface area (Å²) in [7, 11) is 0. The summed E-state index contributed by atoms with van der Waals surface area (Å²) in [5, 5.41) is 18.3. The van der Waals surface area contributed by atoms with Crippen molar-refractivity contribution in [3.8, 4) is 0 Å². The van der Waals surface area contributed by atoms with E-state index in [2.05, 4.69) is 18.2 Å². The van der Waals surface area contributed by atoms with Gasteiger partial charge in [0.05, 0.1) is 6.10 Å². The zero-order chi connectivity index (χ0) is 12.8. The zero-order valence-corrected chi connectivity index (χ0v) is 11.2. The van der Waals surface area contributed by atoms with Crippen LogP contribution in [0.1, 0.15) is 51.4 Å². The van der Waals surface area contributed by atoms with Gasteiger partial charge in [-0.3, -0.25) is 0 Å². The van der Waals surface area contributed by atoms with Crippen LogP contribution in [-0.2, 0) is 0 Å². The second-order valence-corrected chi connectivity index (χ2v) is 5.73. The number of unbranched alkanes of at least 4 members (excludes halogenated alkanes) is 4. The zero-order valence-electron chi connectivity index (χ0n) is 11.2. The molecule has 18 heavy (non-hydrogen) atoms. The van der Waals surface area contributed by atoms with Crippen molar-refractivity contribution in [3.05, 3.63) is 23.8 Å². The summed E-state index contributed by atoms with van der Waals surface area (Å²) in [5.74, 6) is 1.28. The van der Waals surface area contributed by atoms with E-state index in [-0.39, 0.29) is 6.10 Å². The summed E-state index contributed by atoms with van der Waals surface area (Å²) in [4.78, 5) is 0. The molecule has 2 rings (SSSR count). The Kier molecular flexibility index (Phi) is 5.45. The summed E-state index contributed by atoms with van der Waals surface area (Å²) in [6.45, 7) is 0.330. The molecule has 0 bridgehead atoms. The number of hydrogen-bond acceptors (Lipinski definition) is 2. The van der Waals surface area contributed by atoms with Crippen LogP contribution in [0.25, 0.3) is 0 Å². The first-order valence-corrected chi connectivity index (χ1v) is 7.45. The second kappa shape index (κ2) is 7.10. The number of aliphatic hydroxyl groups excluding tert-OH is 2. The fourth-order valence-electron chi connectivity index (χ4n) is 3.30. The van der Waals surface area contributed by atoms with Crippen LogP contribution in [0.5, 0.6) is 0 Å². The summed E-state index contributed by atoms with van der Waals surface area (Å²) in [6, 6.07) is 0. The van der Waals surface area contributed by atoms with Gasteiger partial charge in [0.2, 0.25) is 0 Å². The molecule has 0 saturated heterocycles. The highest BCUT2D eigenvalue weighted by Gasteiger charge is 2.35. The average Bonchev–Trinajstić information content (AvgIpc) is 2.88. The van der Waals surface area contributed by atoms with Crippen LogP contribution in [0.4, 0.5) is 0 Å². The Balaban J connectivity index is 1.62. The smallest absolute Gasteiger partial charge is 0.0583 e. The Morgan fingerprint density at radius 2 is 2.06 bits per heavy atom. The molecule has 0 aliphatic heterocycles. The van der Waals surface area contributed by atoms with Gasteiger partial charge in [-0.05, 0) is 50.4 Å². The lowest BCUT2D eigenvalue weighted by atomic mass is 9.92. The Morgan fingerprint density at radius 1 is 1.22 bits per heavy atom. The van der Waals surface area contributed by atoms with E-state index in [1.807, 2.05) is 0 Å². The van der Waals surface area contributed by atoms with E-state index in [9.17, 15) is 5.11 Å². The van der Waals surface area contributed by atoms with Crippen molar-refractivity contribution >= 4 is 0 Å². The number of rotatable bonds is 7. The third-order valence-corrected chi connectivity index (χ3v) is 4.30. The molecule has 0 spiro atoms. The minimum Gasteiger partial charge on any atom is -0.396 e. The molecule has 1 saturated carbocycles. The molecule has 0 amide bonds. The lowest BCUT2D eigenvalue weighted by Gasteiger charge is -2.13. The normalized spacial score (nSPS) is 31.0. The second-order valence-electron chi connectivity index (χ2n) is 5.73. The SMILES string of the molecule is OCCCCCCC=C[C@H]1CC=C2C[C@H](O)C[C@H]21. The van der Waals surface area contributed by atoms with Crippen LogP contribution in [0, 0.1) is 11.8 Å². The first kappa shape index (κ1) is 13.8. The van der Waals surface area contributed by atoms with Gasteiger partial charge in [-0.15, -0.1) is 0 Å². The maximum absolute atomic E-state index is 9.66. The standard InChI is InChI=1S/C16H26O2/c17-10-6-4-2-1-3-5-7-13-8-9-14-11-15(18)12-16(13)14/h5,7,9,13,15-18H,1-4,6,8,10-12H2/t13-,15-,16-/m0/s1. The van der Waals surface area contributed by atoms with Crippen LogP contribution >= 0.6 is 0 Å². The summed E-state index contributed by atoms with van der Waals surface area (Å²) in [6.07, 6.45) is 15.7. The molecule has 0 unspecified atom stereocenters. The molecule has 2 N–H and O–H groups in total. The fraction of sp³-hybridized carbons (Fsp3) is 0.750. The predicted octanol–water partition coefficient (Wildman–Crippen LogP) is 3.20. The van der Waals surface area contributed by atoms with Crippen molar-refractivity contribution in [2.24, 2.45) is 11.8 Å². The first-order valence-electron chi connectivity index (χ1n) is 7.45. The van der Waals surface area contributed by atoms with Crippen molar-refractivity contribution in [2.45, 2.75) is 57.5 Å². The molecule has 3 atom stereocenters. The van der Waals surface area contributed by atoms with Gasteiger partial charge in [-0.2, -0.15) is 0 Å². The maximum atomic E-state index is 9.66. The first-order chi connectivity index (χ1) is 8.81. The van der Waals surface area contributed by atoms with E-state index in [4.69, 9.17) is 5.11 Å². The summed E-state index contributed by atoms with van der Waals surface area (Å²) >= 11 is 0. The van der Waals surface area contributed by atoms with Crippen LogP contribution in [0.2, 0.25) is 0 Å². The van der Waals surface area contributed by atoms with Gasteiger partial charge in [-0.1, -0.05) is 36.6 Å². The largest absolute Gasteiger partial charge is 0.396 e. The molecular weight excluding hydrogens is 224 g/mol. The van der Waals surface area contributed by atoms with Gasteiger partial charge >= 0.3 is 0 Å². The molecule has 2 heteroatoms. The molecule has 102 valence electrons. The van der Waals surface area contributed by atoms with E-state index < -0.39 is 0 Å². The Bertz CT molecular complexity index is 306. The molecule has 2 nitrogen and oxygen atoms in total. The Hall–Kier alpha value is -0.600. The van der Waals surface area contributed by atoms with Crippen molar-refractivity contribution in [1.29, 1.82) is 0 Å². The van der Waals surface area contributed by atoms with Gasteiger partial charge in [0.15, 0.2) is 0 Å². The number of fused-ring (bicyclic) bond motifs is 1. The van der Waals surface area contributed by atoms with Gasteiger partial charge < -0.3 is 10.2 Å². The van der Waals surface area contributed by atoms with Crippen LogP contribution in [0.3, 0.4) is 0 Å². The number of aliphatic hydroxyl groups is 2. The number of hydrogen-bond donors (Lipinski definition) is 2. The van der Waals surface area contributed by atoms with Crippen LogP contribution in [-0.4, -0.2) is 22.9 Å². The number of allylic oxidation sites excluding steroid dienone is 3. The summed E-state index contributed by atoms with van der Waals surface area (Å²) in [5.41, 5.74) is 1.50. The molecule has 1 fully saturated rings.